The van der Waals surface area contributed by atoms with Crippen LogP contribution < -0.4 is 0 Å². The molecular formula is C20H19BrN2O2. The van der Waals surface area contributed by atoms with Crippen molar-refractivity contribution in [2.24, 2.45) is 0 Å². The SMILES string of the molecule is CN(Cc1ccc(Br)cc1)C(=O)CCc1ncc(-c2ccccc2)o1. The zero-order valence-corrected chi connectivity index (χ0v) is 15.6. The van der Waals surface area contributed by atoms with Crippen LogP contribution >= 0.6 is 15.9 Å². The van der Waals surface area contributed by atoms with E-state index >= 15 is 0 Å². The van der Waals surface area contributed by atoms with Crippen molar-refractivity contribution in [3.05, 3.63) is 76.7 Å². The Balaban J connectivity index is 1.53. The van der Waals surface area contributed by atoms with Gasteiger partial charge < -0.3 is 9.32 Å². The molecule has 1 aromatic heterocycles. The maximum absolute atomic E-state index is 12.3. The van der Waals surface area contributed by atoms with Gasteiger partial charge in [0.1, 0.15) is 0 Å². The smallest absolute Gasteiger partial charge is 0.223 e. The first-order valence-electron chi connectivity index (χ1n) is 8.10. The largest absolute Gasteiger partial charge is 0.441 e. The number of nitrogens with zero attached hydrogens (tertiary/aromatic N) is 2. The number of aromatic nitrogens is 1. The molecule has 128 valence electrons. The lowest BCUT2D eigenvalue weighted by atomic mass is 10.2. The highest BCUT2D eigenvalue weighted by Gasteiger charge is 2.12. The molecule has 0 aliphatic rings. The molecule has 5 heteroatoms. The molecule has 2 aromatic carbocycles. The predicted molar refractivity (Wildman–Crippen MR) is 101 cm³/mol. The number of rotatable bonds is 6. The second-order valence-corrected chi connectivity index (χ2v) is 6.78. The van der Waals surface area contributed by atoms with E-state index in [1.165, 1.54) is 0 Å². The summed E-state index contributed by atoms with van der Waals surface area (Å²) in [5.74, 6) is 1.39. The molecule has 0 aliphatic heterocycles. The van der Waals surface area contributed by atoms with E-state index < -0.39 is 0 Å². The molecule has 0 saturated heterocycles. The van der Waals surface area contributed by atoms with E-state index in [0.717, 1.165) is 21.4 Å². The highest BCUT2D eigenvalue weighted by Crippen LogP contribution is 2.20. The van der Waals surface area contributed by atoms with Crippen LogP contribution in [0.5, 0.6) is 0 Å². The van der Waals surface area contributed by atoms with Crippen molar-refractivity contribution in [2.75, 3.05) is 7.05 Å². The van der Waals surface area contributed by atoms with Gasteiger partial charge in [0, 0.05) is 36.5 Å². The molecule has 0 unspecified atom stereocenters. The van der Waals surface area contributed by atoms with Gasteiger partial charge in [-0.1, -0.05) is 58.4 Å². The molecule has 3 aromatic rings. The summed E-state index contributed by atoms with van der Waals surface area (Å²) in [6.07, 6.45) is 2.58. The molecule has 0 aliphatic carbocycles. The first-order valence-corrected chi connectivity index (χ1v) is 8.89. The van der Waals surface area contributed by atoms with Gasteiger partial charge in [-0.05, 0) is 17.7 Å². The second kappa shape index (κ2) is 8.12. The Morgan fingerprint density at radius 2 is 1.84 bits per heavy atom. The fraction of sp³-hybridized carbons (Fsp3) is 0.200. The number of carbonyl (C=O) groups is 1. The van der Waals surface area contributed by atoms with Crippen molar-refractivity contribution >= 4 is 21.8 Å². The van der Waals surface area contributed by atoms with E-state index in [9.17, 15) is 4.79 Å². The van der Waals surface area contributed by atoms with Crippen LogP contribution in [0, 0.1) is 0 Å². The van der Waals surface area contributed by atoms with Crippen molar-refractivity contribution in [1.82, 2.24) is 9.88 Å². The van der Waals surface area contributed by atoms with Gasteiger partial charge in [-0.3, -0.25) is 4.79 Å². The minimum atomic E-state index is 0.0716. The number of benzene rings is 2. The minimum absolute atomic E-state index is 0.0716. The molecular weight excluding hydrogens is 380 g/mol. The average molecular weight is 399 g/mol. The molecule has 3 rings (SSSR count). The van der Waals surface area contributed by atoms with Crippen LogP contribution in [0.2, 0.25) is 0 Å². The van der Waals surface area contributed by atoms with E-state index in [4.69, 9.17) is 4.42 Å². The Hall–Kier alpha value is -2.40. The summed E-state index contributed by atoms with van der Waals surface area (Å²) >= 11 is 3.41. The van der Waals surface area contributed by atoms with Crippen LogP contribution in [0.25, 0.3) is 11.3 Å². The fourth-order valence-corrected chi connectivity index (χ4v) is 2.78. The van der Waals surface area contributed by atoms with Crippen molar-refractivity contribution in [1.29, 1.82) is 0 Å². The monoisotopic (exact) mass is 398 g/mol. The number of hydrogen-bond acceptors (Lipinski definition) is 3. The summed E-state index contributed by atoms with van der Waals surface area (Å²) < 4.78 is 6.78. The Kier molecular flexibility index (Phi) is 5.66. The molecule has 4 nitrogen and oxygen atoms in total. The summed E-state index contributed by atoms with van der Waals surface area (Å²) in [6.45, 7) is 0.590. The Morgan fingerprint density at radius 1 is 1.12 bits per heavy atom. The zero-order valence-electron chi connectivity index (χ0n) is 14.0. The molecule has 0 bridgehead atoms. The average Bonchev–Trinajstić information content (AvgIpc) is 3.11. The summed E-state index contributed by atoms with van der Waals surface area (Å²) in [7, 11) is 1.81. The third-order valence-corrected chi connectivity index (χ3v) is 4.45. The van der Waals surface area contributed by atoms with Crippen LogP contribution in [0.1, 0.15) is 17.9 Å². The number of halogens is 1. The van der Waals surface area contributed by atoms with Crippen molar-refractivity contribution in [3.8, 4) is 11.3 Å². The lowest BCUT2D eigenvalue weighted by Gasteiger charge is -2.17. The van der Waals surface area contributed by atoms with Gasteiger partial charge in [-0.15, -0.1) is 0 Å². The number of amides is 1. The third kappa shape index (κ3) is 4.79. The first kappa shape index (κ1) is 17.4. The lowest BCUT2D eigenvalue weighted by molar-refractivity contribution is -0.130. The van der Waals surface area contributed by atoms with Crippen molar-refractivity contribution < 1.29 is 9.21 Å². The quantitative estimate of drug-likeness (QED) is 0.604. The van der Waals surface area contributed by atoms with Crippen LogP contribution in [0.3, 0.4) is 0 Å². The third-order valence-electron chi connectivity index (χ3n) is 3.92. The Bertz CT molecular complexity index is 828. The van der Waals surface area contributed by atoms with E-state index in [2.05, 4.69) is 20.9 Å². The van der Waals surface area contributed by atoms with Gasteiger partial charge in [0.25, 0.3) is 0 Å². The Morgan fingerprint density at radius 3 is 2.56 bits per heavy atom. The summed E-state index contributed by atoms with van der Waals surface area (Å²) in [5.41, 5.74) is 2.08. The molecule has 0 atom stereocenters. The van der Waals surface area contributed by atoms with Crippen molar-refractivity contribution in [3.63, 3.8) is 0 Å². The van der Waals surface area contributed by atoms with Gasteiger partial charge >= 0.3 is 0 Å². The standard InChI is InChI=1S/C20H19BrN2O2/c1-23(14-15-7-9-17(21)10-8-15)20(24)12-11-19-22-13-18(25-19)16-5-3-2-4-6-16/h2-10,13H,11-12,14H2,1H3. The second-order valence-electron chi connectivity index (χ2n) is 5.86. The van der Waals surface area contributed by atoms with E-state index in [-0.39, 0.29) is 5.91 Å². The topological polar surface area (TPSA) is 46.3 Å². The summed E-state index contributed by atoms with van der Waals surface area (Å²) in [4.78, 5) is 18.3. The highest BCUT2D eigenvalue weighted by atomic mass is 79.9. The van der Waals surface area contributed by atoms with E-state index in [1.807, 2.05) is 61.6 Å². The molecule has 0 spiro atoms. The summed E-state index contributed by atoms with van der Waals surface area (Å²) in [6, 6.07) is 17.8. The minimum Gasteiger partial charge on any atom is -0.441 e. The molecule has 0 N–H and O–H groups in total. The number of aryl methyl sites for hydroxylation is 1. The first-order chi connectivity index (χ1) is 12.1. The number of carbonyl (C=O) groups excluding carboxylic acids is 1. The van der Waals surface area contributed by atoms with Gasteiger partial charge in [0.15, 0.2) is 11.7 Å². The van der Waals surface area contributed by atoms with Gasteiger partial charge in [-0.25, -0.2) is 4.98 Å². The maximum atomic E-state index is 12.3. The number of hydrogen-bond donors (Lipinski definition) is 0. The normalized spacial score (nSPS) is 10.6. The highest BCUT2D eigenvalue weighted by molar-refractivity contribution is 9.10. The lowest BCUT2D eigenvalue weighted by Crippen LogP contribution is -2.26. The van der Waals surface area contributed by atoms with Gasteiger partial charge in [0.05, 0.1) is 6.20 Å². The molecule has 25 heavy (non-hydrogen) atoms. The maximum Gasteiger partial charge on any atom is 0.223 e. The molecule has 0 radical (unpaired) electrons. The van der Waals surface area contributed by atoms with Crippen LogP contribution in [-0.2, 0) is 17.8 Å². The van der Waals surface area contributed by atoms with Crippen LogP contribution in [0.4, 0.5) is 0 Å². The predicted octanol–water partition coefficient (Wildman–Crippen LogP) is 4.70. The zero-order chi connectivity index (χ0) is 17.6. The van der Waals surface area contributed by atoms with Crippen LogP contribution in [0.15, 0.2) is 69.7 Å². The molecule has 1 amide bonds. The van der Waals surface area contributed by atoms with E-state index in [1.54, 1.807) is 11.1 Å². The van der Waals surface area contributed by atoms with Gasteiger partial charge in [0.2, 0.25) is 5.91 Å². The number of oxazole rings is 1. The molecule has 0 fully saturated rings. The van der Waals surface area contributed by atoms with Crippen LogP contribution in [-0.4, -0.2) is 22.8 Å². The molecule has 0 saturated carbocycles. The Labute approximate surface area is 155 Å². The van der Waals surface area contributed by atoms with E-state index in [0.29, 0.717) is 25.3 Å². The fourth-order valence-electron chi connectivity index (χ4n) is 2.52. The molecule has 1 heterocycles. The summed E-state index contributed by atoms with van der Waals surface area (Å²) in [5, 5.41) is 0. The van der Waals surface area contributed by atoms with Crippen molar-refractivity contribution in [2.45, 2.75) is 19.4 Å². The van der Waals surface area contributed by atoms with Gasteiger partial charge in [-0.2, -0.15) is 0 Å².